The summed E-state index contributed by atoms with van der Waals surface area (Å²) in [4.78, 5) is 12.7. The molecule has 206 valence electrons. The Labute approximate surface area is 228 Å². The molecule has 5 rings (SSSR count). The molecule has 9 nitrogen and oxygen atoms in total. The second-order valence-corrected chi connectivity index (χ2v) is 11.6. The number of nitrogens with zero attached hydrogens (tertiary/aromatic N) is 1. The fourth-order valence-electron chi connectivity index (χ4n) is 4.95. The molecule has 39 heavy (non-hydrogen) atoms. The quantitative estimate of drug-likeness (QED) is 0.458. The molecule has 2 fully saturated rings. The number of aliphatic hydroxyl groups excluding tert-OH is 1. The molecule has 3 aromatic carbocycles. The molecule has 3 aromatic rings. The molecule has 2 heterocycles. The monoisotopic (exact) mass is 552 g/mol. The van der Waals surface area contributed by atoms with Gasteiger partial charge in [0.05, 0.1) is 48.9 Å². The van der Waals surface area contributed by atoms with Gasteiger partial charge in [0.25, 0.3) is 0 Å². The number of anilines is 1. The van der Waals surface area contributed by atoms with E-state index in [1.165, 1.54) is 16.4 Å². The van der Waals surface area contributed by atoms with Crippen LogP contribution < -0.4 is 10.1 Å². The van der Waals surface area contributed by atoms with Crippen LogP contribution in [0.3, 0.4) is 0 Å². The number of benzene rings is 3. The minimum absolute atomic E-state index is 0.0123. The highest BCUT2D eigenvalue weighted by molar-refractivity contribution is 7.89. The van der Waals surface area contributed by atoms with E-state index in [0.29, 0.717) is 30.0 Å². The van der Waals surface area contributed by atoms with Crippen LogP contribution >= 0.6 is 0 Å². The first-order chi connectivity index (χ1) is 18.9. The minimum atomic E-state index is -3.97. The zero-order valence-corrected chi connectivity index (χ0v) is 22.2. The van der Waals surface area contributed by atoms with Gasteiger partial charge in [-0.05, 0) is 61.4 Å². The largest absolute Gasteiger partial charge is 0.457 e. The number of hydrogen-bond donors (Lipinski definition) is 2. The highest BCUT2D eigenvalue weighted by atomic mass is 32.2. The number of ether oxygens (including phenoxy) is 3. The second kappa shape index (κ2) is 12.3. The molecule has 0 saturated carbocycles. The van der Waals surface area contributed by atoms with Crippen LogP contribution in [0.1, 0.15) is 19.3 Å². The van der Waals surface area contributed by atoms with Crippen molar-refractivity contribution in [1.82, 2.24) is 4.31 Å². The van der Waals surface area contributed by atoms with Crippen LogP contribution in [0.25, 0.3) is 0 Å². The first-order valence-electron chi connectivity index (χ1n) is 13.0. The lowest BCUT2D eigenvalue weighted by Gasteiger charge is -2.43. The molecule has 0 spiro atoms. The van der Waals surface area contributed by atoms with Crippen LogP contribution in [0.2, 0.25) is 0 Å². The summed E-state index contributed by atoms with van der Waals surface area (Å²) >= 11 is 0. The van der Waals surface area contributed by atoms with Crippen molar-refractivity contribution >= 4 is 21.6 Å². The number of nitrogens with one attached hydrogen (secondary N) is 1. The van der Waals surface area contributed by atoms with Gasteiger partial charge in [-0.3, -0.25) is 4.79 Å². The Morgan fingerprint density at radius 1 is 0.923 bits per heavy atom. The van der Waals surface area contributed by atoms with Gasteiger partial charge in [-0.15, -0.1) is 0 Å². The van der Waals surface area contributed by atoms with E-state index in [4.69, 9.17) is 14.2 Å². The van der Waals surface area contributed by atoms with Gasteiger partial charge in [0.1, 0.15) is 11.5 Å². The molecular formula is C29H32N2O7S. The highest BCUT2D eigenvalue weighted by Crippen LogP contribution is 2.32. The molecule has 2 aliphatic rings. The van der Waals surface area contributed by atoms with E-state index in [1.807, 2.05) is 60.7 Å². The van der Waals surface area contributed by atoms with Gasteiger partial charge in [-0.2, -0.15) is 4.31 Å². The van der Waals surface area contributed by atoms with Crippen LogP contribution in [0, 0.1) is 0 Å². The van der Waals surface area contributed by atoms with Crippen molar-refractivity contribution < 1.29 is 32.5 Å². The van der Waals surface area contributed by atoms with Gasteiger partial charge in [-0.1, -0.05) is 36.4 Å². The summed E-state index contributed by atoms with van der Waals surface area (Å²) in [6.45, 7) is -0.00962. The van der Waals surface area contributed by atoms with Crippen molar-refractivity contribution in [2.24, 2.45) is 0 Å². The van der Waals surface area contributed by atoms with E-state index in [1.54, 1.807) is 12.1 Å². The SMILES string of the molecule is O=C(C[C@H]1CC[C@@H]2[C@H](COC[C@@H](O)CN2S(=O)(=O)c2ccc(Oc3ccccc3)cc2)O1)Nc1ccccc1. The Bertz CT molecular complexity index is 1340. The Morgan fingerprint density at radius 3 is 2.31 bits per heavy atom. The summed E-state index contributed by atoms with van der Waals surface area (Å²) < 4.78 is 46.6. The maximum Gasteiger partial charge on any atom is 0.243 e. The number of carbonyl (C=O) groups excluding carboxylic acids is 1. The number of fused-ring (bicyclic) bond motifs is 1. The normalized spacial score (nSPS) is 24.1. The lowest BCUT2D eigenvalue weighted by Crippen LogP contribution is -2.57. The number of hydrogen-bond acceptors (Lipinski definition) is 7. The maximum atomic E-state index is 13.8. The molecule has 2 saturated heterocycles. The van der Waals surface area contributed by atoms with Crippen LogP contribution in [0.4, 0.5) is 5.69 Å². The number of carbonyl (C=O) groups is 1. The van der Waals surface area contributed by atoms with Gasteiger partial charge in [0, 0.05) is 12.2 Å². The Kier molecular flexibility index (Phi) is 8.59. The summed E-state index contributed by atoms with van der Waals surface area (Å²) in [5.74, 6) is 0.986. The van der Waals surface area contributed by atoms with E-state index < -0.39 is 28.3 Å². The van der Waals surface area contributed by atoms with Gasteiger partial charge >= 0.3 is 0 Å². The molecule has 10 heteroatoms. The number of aliphatic hydroxyl groups is 1. The molecule has 0 unspecified atom stereocenters. The minimum Gasteiger partial charge on any atom is -0.457 e. The molecule has 1 amide bonds. The smallest absolute Gasteiger partial charge is 0.243 e. The Balaban J connectivity index is 1.29. The predicted molar refractivity (Wildman–Crippen MR) is 145 cm³/mol. The third kappa shape index (κ3) is 6.84. The van der Waals surface area contributed by atoms with Crippen molar-refractivity contribution in [3.05, 3.63) is 84.9 Å². The predicted octanol–water partition coefficient (Wildman–Crippen LogP) is 3.81. The fraction of sp³-hybridized carbons (Fsp3) is 0.345. The number of amides is 1. The van der Waals surface area contributed by atoms with Crippen molar-refractivity contribution in [3.8, 4) is 11.5 Å². The van der Waals surface area contributed by atoms with Crippen LogP contribution in [-0.4, -0.2) is 67.8 Å². The summed E-state index contributed by atoms with van der Waals surface area (Å²) in [6, 6.07) is 24.1. The van der Waals surface area contributed by atoms with E-state index >= 15 is 0 Å². The molecule has 0 aromatic heterocycles. The van der Waals surface area contributed by atoms with Gasteiger partial charge < -0.3 is 24.6 Å². The summed E-state index contributed by atoms with van der Waals surface area (Å²) in [7, 11) is -3.97. The summed E-state index contributed by atoms with van der Waals surface area (Å²) in [5, 5.41) is 13.3. The van der Waals surface area contributed by atoms with E-state index in [2.05, 4.69) is 5.32 Å². The van der Waals surface area contributed by atoms with Gasteiger partial charge in [-0.25, -0.2) is 8.42 Å². The lowest BCUT2D eigenvalue weighted by molar-refractivity contribution is -0.144. The fourth-order valence-corrected chi connectivity index (χ4v) is 6.67. The van der Waals surface area contributed by atoms with Gasteiger partial charge in [0.2, 0.25) is 15.9 Å². The average molecular weight is 553 g/mol. The topological polar surface area (TPSA) is 114 Å². The third-order valence-electron chi connectivity index (χ3n) is 6.81. The zero-order chi connectivity index (χ0) is 27.2. The number of rotatable bonds is 7. The molecule has 2 N–H and O–H groups in total. The van der Waals surface area contributed by atoms with Crippen molar-refractivity contribution in [2.75, 3.05) is 25.1 Å². The van der Waals surface area contributed by atoms with E-state index in [9.17, 15) is 18.3 Å². The lowest BCUT2D eigenvalue weighted by atomic mass is 9.96. The molecule has 0 radical (unpaired) electrons. The van der Waals surface area contributed by atoms with Crippen LogP contribution in [0.5, 0.6) is 11.5 Å². The number of β-amino-alcohol motifs (C(OH)–C–C–N with tert-alkyl or cyclic N) is 1. The summed E-state index contributed by atoms with van der Waals surface area (Å²) in [5.41, 5.74) is 0.705. The average Bonchev–Trinajstić information content (AvgIpc) is 2.92. The molecule has 0 bridgehead atoms. The highest BCUT2D eigenvalue weighted by Gasteiger charge is 2.43. The van der Waals surface area contributed by atoms with Crippen molar-refractivity contribution in [3.63, 3.8) is 0 Å². The maximum absolute atomic E-state index is 13.8. The van der Waals surface area contributed by atoms with Gasteiger partial charge in [0.15, 0.2) is 0 Å². The molecular weight excluding hydrogens is 520 g/mol. The van der Waals surface area contributed by atoms with E-state index in [0.717, 1.165) is 0 Å². The molecule has 2 aliphatic heterocycles. The number of sulfonamides is 1. The van der Waals surface area contributed by atoms with Crippen LogP contribution in [-0.2, 0) is 24.3 Å². The summed E-state index contributed by atoms with van der Waals surface area (Å²) in [6.07, 6.45) is -0.807. The Morgan fingerprint density at radius 2 is 1.59 bits per heavy atom. The molecule has 4 atom stereocenters. The standard InChI is InChI=1S/C29H32N2O7S/c32-22-18-31(39(34,35)26-14-11-24(12-15-26)37-23-9-5-2-6-10-23)27-16-13-25(38-28(27)20-36-19-22)17-29(33)30-21-7-3-1-4-8-21/h1-12,14-15,22,25,27-28,32H,13,16-20H2,(H,30,33)/t22-,25+,27+,28-/m0/s1. The van der Waals surface area contributed by atoms with E-state index in [-0.39, 0.29) is 43.1 Å². The van der Waals surface area contributed by atoms with Crippen molar-refractivity contribution in [1.29, 1.82) is 0 Å². The third-order valence-corrected chi connectivity index (χ3v) is 8.72. The molecule has 0 aliphatic carbocycles. The first-order valence-corrected chi connectivity index (χ1v) is 14.4. The van der Waals surface area contributed by atoms with Crippen LogP contribution in [0.15, 0.2) is 89.8 Å². The number of para-hydroxylation sites is 2. The zero-order valence-electron chi connectivity index (χ0n) is 21.4. The second-order valence-electron chi connectivity index (χ2n) is 9.71. The first kappa shape index (κ1) is 27.3. The van der Waals surface area contributed by atoms with Crippen molar-refractivity contribution in [2.45, 2.75) is 48.5 Å². The Hall–Kier alpha value is -3.28.